The topological polar surface area (TPSA) is 79.5 Å². The van der Waals surface area contributed by atoms with Crippen molar-refractivity contribution in [1.29, 1.82) is 0 Å². The summed E-state index contributed by atoms with van der Waals surface area (Å²) in [4.78, 5) is 32.6. The fourth-order valence-electron chi connectivity index (χ4n) is 3.72. The maximum atomic E-state index is 12.7. The molecule has 1 aromatic heterocycles. The predicted molar refractivity (Wildman–Crippen MR) is 87.0 cm³/mol. The molecule has 0 aliphatic carbocycles. The highest BCUT2D eigenvalue weighted by Gasteiger charge is 2.33. The van der Waals surface area contributed by atoms with E-state index in [1.54, 1.807) is 11.8 Å². The number of likely N-dealkylation sites (tertiary alicyclic amines) is 2. The molecule has 24 heavy (non-hydrogen) atoms. The van der Waals surface area contributed by atoms with Gasteiger partial charge in [0.25, 0.3) is 0 Å². The van der Waals surface area contributed by atoms with Gasteiger partial charge in [-0.1, -0.05) is 5.16 Å². The molecule has 2 saturated heterocycles. The second-order valence-electron chi connectivity index (χ2n) is 6.87. The molecule has 0 N–H and O–H groups in total. The lowest BCUT2D eigenvalue weighted by Crippen LogP contribution is -2.48. The number of hydrogen-bond donors (Lipinski definition) is 0. The Balaban J connectivity index is 1.49. The highest BCUT2D eigenvalue weighted by molar-refractivity contribution is 5.83. The van der Waals surface area contributed by atoms with Crippen LogP contribution in [-0.2, 0) is 16.0 Å². The maximum absolute atomic E-state index is 12.7. The van der Waals surface area contributed by atoms with Crippen molar-refractivity contribution in [2.45, 2.75) is 46.0 Å². The van der Waals surface area contributed by atoms with Crippen molar-refractivity contribution in [3.8, 4) is 0 Å². The lowest BCUT2D eigenvalue weighted by atomic mass is 9.91. The fourth-order valence-corrected chi connectivity index (χ4v) is 3.72. The predicted octanol–water partition coefficient (Wildman–Crippen LogP) is 1.42. The van der Waals surface area contributed by atoms with Crippen LogP contribution < -0.4 is 0 Å². The first kappa shape index (κ1) is 16.9. The number of rotatable bonds is 4. The Morgan fingerprint density at radius 2 is 2.04 bits per heavy atom. The molecule has 2 amide bonds. The van der Waals surface area contributed by atoms with E-state index in [1.807, 2.05) is 11.8 Å². The van der Waals surface area contributed by atoms with Crippen molar-refractivity contribution < 1.29 is 14.1 Å². The molecule has 0 saturated carbocycles. The van der Waals surface area contributed by atoms with Crippen LogP contribution in [0.1, 0.15) is 44.3 Å². The number of piperidine rings is 2. The average Bonchev–Trinajstić information content (AvgIpc) is 3.00. The largest absolute Gasteiger partial charge is 0.342 e. The molecule has 2 fully saturated rings. The third-order valence-corrected chi connectivity index (χ3v) is 5.20. The molecule has 132 valence electrons. The maximum Gasteiger partial charge on any atom is 0.227 e. The number of hydrogen-bond acceptors (Lipinski definition) is 5. The van der Waals surface area contributed by atoms with E-state index in [4.69, 9.17) is 4.52 Å². The van der Waals surface area contributed by atoms with E-state index in [0.717, 1.165) is 38.2 Å². The molecule has 2 aliphatic heterocycles. The van der Waals surface area contributed by atoms with Gasteiger partial charge in [-0.15, -0.1) is 0 Å². The smallest absolute Gasteiger partial charge is 0.227 e. The van der Waals surface area contributed by atoms with Crippen LogP contribution in [0.5, 0.6) is 0 Å². The third-order valence-electron chi connectivity index (χ3n) is 5.20. The molecule has 1 unspecified atom stereocenters. The number of aromatic nitrogens is 2. The molecule has 3 rings (SSSR count). The Morgan fingerprint density at radius 3 is 2.67 bits per heavy atom. The zero-order valence-electron chi connectivity index (χ0n) is 14.5. The number of nitrogens with zero attached hydrogens (tertiary/aromatic N) is 4. The Kier molecular flexibility index (Phi) is 5.16. The van der Waals surface area contributed by atoms with Crippen LogP contribution in [0.25, 0.3) is 0 Å². The van der Waals surface area contributed by atoms with Crippen molar-refractivity contribution in [2.24, 2.45) is 11.8 Å². The first-order valence-electron chi connectivity index (χ1n) is 8.92. The second-order valence-corrected chi connectivity index (χ2v) is 6.87. The van der Waals surface area contributed by atoms with E-state index in [0.29, 0.717) is 37.7 Å². The lowest BCUT2D eigenvalue weighted by Gasteiger charge is -2.37. The normalized spacial score (nSPS) is 22.9. The summed E-state index contributed by atoms with van der Waals surface area (Å²) < 4.78 is 5.02. The Morgan fingerprint density at radius 1 is 1.29 bits per heavy atom. The number of carbonyl (C=O) groups is 2. The molecular formula is C17H26N4O3. The average molecular weight is 334 g/mol. The van der Waals surface area contributed by atoms with E-state index < -0.39 is 0 Å². The van der Waals surface area contributed by atoms with Gasteiger partial charge in [0, 0.05) is 45.9 Å². The van der Waals surface area contributed by atoms with E-state index in [2.05, 4.69) is 10.1 Å². The standard InChI is InChI=1S/C17H26N4O3/c1-3-20-11-14(4-5-16(20)22)17(23)21-8-6-13(7-9-21)10-15-18-12(2)24-19-15/h13-14H,3-11H2,1-2H3. The van der Waals surface area contributed by atoms with Crippen molar-refractivity contribution in [3.63, 3.8) is 0 Å². The minimum Gasteiger partial charge on any atom is -0.342 e. The first-order chi connectivity index (χ1) is 11.6. The van der Waals surface area contributed by atoms with Crippen LogP contribution in [0.15, 0.2) is 4.52 Å². The highest BCUT2D eigenvalue weighted by Crippen LogP contribution is 2.25. The van der Waals surface area contributed by atoms with E-state index in [-0.39, 0.29) is 17.7 Å². The van der Waals surface area contributed by atoms with Gasteiger partial charge >= 0.3 is 0 Å². The van der Waals surface area contributed by atoms with Gasteiger partial charge in [-0.05, 0) is 32.1 Å². The second kappa shape index (κ2) is 7.32. The van der Waals surface area contributed by atoms with Crippen LogP contribution in [0.2, 0.25) is 0 Å². The summed E-state index contributed by atoms with van der Waals surface area (Å²) in [7, 11) is 0. The number of aryl methyl sites for hydroxylation is 1. The van der Waals surface area contributed by atoms with Crippen LogP contribution in [0, 0.1) is 18.8 Å². The van der Waals surface area contributed by atoms with Gasteiger partial charge in [0.15, 0.2) is 5.82 Å². The zero-order valence-corrected chi connectivity index (χ0v) is 14.5. The van der Waals surface area contributed by atoms with Gasteiger partial charge in [0.05, 0.1) is 5.92 Å². The van der Waals surface area contributed by atoms with Crippen LogP contribution >= 0.6 is 0 Å². The van der Waals surface area contributed by atoms with Crippen molar-refractivity contribution in [1.82, 2.24) is 19.9 Å². The molecule has 1 atom stereocenters. The Hall–Kier alpha value is -1.92. The summed E-state index contributed by atoms with van der Waals surface area (Å²) in [5.41, 5.74) is 0. The molecule has 0 aromatic carbocycles. The summed E-state index contributed by atoms with van der Waals surface area (Å²) in [6, 6.07) is 0. The molecule has 0 spiro atoms. The van der Waals surface area contributed by atoms with Crippen molar-refractivity contribution in [3.05, 3.63) is 11.7 Å². The summed E-state index contributed by atoms with van der Waals surface area (Å²) in [5, 5.41) is 3.96. The highest BCUT2D eigenvalue weighted by atomic mass is 16.5. The molecule has 0 bridgehead atoms. The summed E-state index contributed by atoms with van der Waals surface area (Å²) >= 11 is 0. The molecule has 2 aliphatic rings. The van der Waals surface area contributed by atoms with E-state index >= 15 is 0 Å². The van der Waals surface area contributed by atoms with E-state index in [9.17, 15) is 9.59 Å². The fraction of sp³-hybridized carbons (Fsp3) is 0.765. The SMILES string of the molecule is CCN1CC(C(=O)N2CCC(Cc3noc(C)n3)CC2)CCC1=O. The van der Waals surface area contributed by atoms with Gasteiger partial charge in [-0.25, -0.2) is 0 Å². The van der Waals surface area contributed by atoms with Gasteiger partial charge in [0.2, 0.25) is 17.7 Å². The van der Waals surface area contributed by atoms with E-state index in [1.165, 1.54) is 0 Å². The zero-order chi connectivity index (χ0) is 17.1. The summed E-state index contributed by atoms with van der Waals surface area (Å²) in [6.07, 6.45) is 3.96. The number of carbonyl (C=O) groups excluding carboxylic acids is 2. The molecule has 7 heteroatoms. The molecule has 0 radical (unpaired) electrons. The minimum atomic E-state index is -0.0287. The van der Waals surface area contributed by atoms with Crippen LogP contribution in [-0.4, -0.2) is 57.9 Å². The Labute approximate surface area is 142 Å². The Bertz CT molecular complexity index is 592. The first-order valence-corrected chi connectivity index (χ1v) is 8.92. The van der Waals surface area contributed by atoms with Gasteiger partial charge in [-0.2, -0.15) is 4.98 Å². The summed E-state index contributed by atoms with van der Waals surface area (Å²) in [5.74, 6) is 2.24. The monoisotopic (exact) mass is 334 g/mol. The quantitative estimate of drug-likeness (QED) is 0.832. The van der Waals surface area contributed by atoms with Crippen LogP contribution in [0.3, 0.4) is 0 Å². The van der Waals surface area contributed by atoms with Crippen LogP contribution in [0.4, 0.5) is 0 Å². The third kappa shape index (κ3) is 3.76. The molecule has 7 nitrogen and oxygen atoms in total. The summed E-state index contributed by atoms with van der Waals surface area (Å²) in [6.45, 7) is 6.61. The van der Waals surface area contributed by atoms with Gasteiger partial charge in [-0.3, -0.25) is 9.59 Å². The van der Waals surface area contributed by atoms with Crippen molar-refractivity contribution in [2.75, 3.05) is 26.2 Å². The molecule has 3 heterocycles. The number of amides is 2. The van der Waals surface area contributed by atoms with Gasteiger partial charge in [0.1, 0.15) is 0 Å². The molecular weight excluding hydrogens is 308 g/mol. The van der Waals surface area contributed by atoms with Crippen molar-refractivity contribution >= 4 is 11.8 Å². The minimum absolute atomic E-state index is 0.0287. The molecule has 1 aromatic rings. The lowest BCUT2D eigenvalue weighted by molar-refractivity contribution is -0.143. The van der Waals surface area contributed by atoms with Gasteiger partial charge < -0.3 is 14.3 Å².